The fraction of sp³-hybridized carbons (Fsp3) is 0.273. The monoisotopic (exact) mass is 220 g/mol. The van der Waals surface area contributed by atoms with Crippen molar-refractivity contribution in [1.29, 1.82) is 0 Å². The number of aliphatic hydroxyl groups excluding tert-OH is 3. The summed E-state index contributed by atoms with van der Waals surface area (Å²) in [6, 6.07) is 5.01. The lowest BCUT2D eigenvalue weighted by atomic mass is 10.0. The third kappa shape index (κ3) is 2.01. The summed E-state index contributed by atoms with van der Waals surface area (Å²) >= 11 is 0. The molecule has 1 aromatic carbocycles. The number of hydrogen-bond acceptors (Lipinski definition) is 5. The Morgan fingerprint density at radius 1 is 1.06 bits per heavy atom. The first kappa shape index (κ1) is 10.9. The molecule has 0 aliphatic heterocycles. The van der Waals surface area contributed by atoms with E-state index >= 15 is 0 Å². The summed E-state index contributed by atoms with van der Waals surface area (Å²) in [5.74, 6) is 0. The molecule has 0 bridgehead atoms. The topological polar surface area (TPSA) is 86.5 Å². The minimum Gasteiger partial charge on any atom is -0.394 e. The van der Waals surface area contributed by atoms with Crippen LogP contribution in [-0.2, 0) is 0 Å². The van der Waals surface area contributed by atoms with E-state index in [2.05, 4.69) is 9.97 Å². The minimum absolute atomic E-state index is 0.486. The number of benzene rings is 1. The lowest BCUT2D eigenvalue weighted by molar-refractivity contribution is -0.0152. The van der Waals surface area contributed by atoms with Crippen molar-refractivity contribution in [2.24, 2.45) is 0 Å². The number of fused-ring (bicyclic) bond motifs is 1. The fourth-order valence-corrected chi connectivity index (χ4v) is 1.49. The van der Waals surface area contributed by atoms with Crippen LogP contribution in [0.3, 0.4) is 0 Å². The molecule has 84 valence electrons. The number of hydrogen-bond donors (Lipinski definition) is 3. The molecule has 0 saturated carbocycles. The summed E-state index contributed by atoms with van der Waals surface area (Å²) in [5.41, 5.74) is 1.87. The van der Waals surface area contributed by atoms with Gasteiger partial charge in [-0.15, -0.1) is 0 Å². The van der Waals surface area contributed by atoms with Crippen molar-refractivity contribution in [1.82, 2.24) is 9.97 Å². The second-order valence-electron chi connectivity index (χ2n) is 3.50. The molecule has 2 unspecified atom stereocenters. The van der Waals surface area contributed by atoms with Gasteiger partial charge in [0.1, 0.15) is 12.2 Å². The zero-order valence-electron chi connectivity index (χ0n) is 8.48. The van der Waals surface area contributed by atoms with Gasteiger partial charge in [0.25, 0.3) is 0 Å². The standard InChI is InChI=1S/C11H12N2O3/c14-6-10(15)11(16)7-1-2-8-9(5-7)13-4-3-12-8/h1-5,10-11,14-16H,6H2. The predicted molar refractivity (Wildman–Crippen MR) is 57.6 cm³/mol. The van der Waals surface area contributed by atoms with Crippen molar-refractivity contribution in [3.63, 3.8) is 0 Å². The van der Waals surface area contributed by atoms with Gasteiger partial charge in [-0.2, -0.15) is 0 Å². The third-order valence-corrected chi connectivity index (χ3v) is 2.39. The Bertz CT molecular complexity index is 489. The van der Waals surface area contributed by atoms with Crippen LogP contribution >= 0.6 is 0 Å². The smallest absolute Gasteiger partial charge is 0.107 e. The third-order valence-electron chi connectivity index (χ3n) is 2.39. The first-order chi connectivity index (χ1) is 7.72. The van der Waals surface area contributed by atoms with Crippen LogP contribution in [0, 0.1) is 0 Å². The van der Waals surface area contributed by atoms with Gasteiger partial charge in [0.2, 0.25) is 0 Å². The molecule has 0 radical (unpaired) electrons. The van der Waals surface area contributed by atoms with Gasteiger partial charge in [-0.1, -0.05) is 6.07 Å². The molecule has 5 nitrogen and oxygen atoms in total. The Hall–Kier alpha value is -1.56. The van der Waals surface area contributed by atoms with Gasteiger partial charge >= 0.3 is 0 Å². The largest absolute Gasteiger partial charge is 0.394 e. The zero-order chi connectivity index (χ0) is 11.5. The van der Waals surface area contributed by atoms with Gasteiger partial charge in [-0.3, -0.25) is 9.97 Å². The normalized spacial score (nSPS) is 14.9. The highest BCUT2D eigenvalue weighted by Gasteiger charge is 2.17. The molecule has 0 aliphatic rings. The Balaban J connectivity index is 2.39. The zero-order valence-corrected chi connectivity index (χ0v) is 8.48. The summed E-state index contributed by atoms with van der Waals surface area (Å²) in [5, 5.41) is 27.7. The van der Waals surface area contributed by atoms with Crippen molar-refractivity contribution >= 4 is 11.0 Å². The van der Waals surface area contributed by atoms with Gasteiger partial charge in [0.05, 0.1) is 17.6 Å². The average Bonchev–Trinajstić information content (AvgIpc) is 2.36. The highest BCUT2D eigenvalue weighted by molar-refractivity contribution is 5.74. The van der Waals surface area contributed by atoms with E-state index in [9.17, 15) is 10.2 Å². The molecule has 0 aliphatic carbocycles. The van der Waals surface area contributed by atoms with Gasteiger partial charge in [0.15, 0.2) is 0 Å². The summed E-state index contributed by atoms with van der Waals surface area (Å²) in [7, 11) is 0. The molecule has 0 fully saturated rings. The molecule has 0 amide bonds. The maximum absolute atomic E-state index is 9.69. The van der Waals surface area contributed by atoms with Crippen LogP contribution in [0.1, 0.15) is 11.7 Å². The minimum atomic E-state index is -1.19. The quantitative estimate of drug-likeness (QED) is 0.678. The molecule has 5 heteroatoms. The number of aliphatic hydroxyl groups is 3. The summed E-state index contributed by atoms with van der Waals surface area (Å²) in [6.45, 7) is -0.486. The molecular formula is C11H12N2O3. The van der Waals surface area contributed by atoms with E-state index in [1.165, 1.54) is 0 Å². The van der Waals surface area contributed by atoms with Crippen molar-refractivity contribution < 1.29 is 15.3 Å². The van der Waals surface area contributed by atoms with E-state index in [0.29, 0.717) is 11.1 Å². The van der Waals surface area contributed by atoms with Crippen LogP contribution in [-0.4, -0.2) is 38.0 Å². The van der Waals surface area contributed by atoms with E-state index < -0.39 is 18.8 Å². The van der Waals surface area contributed by atoms with Crippen LogP contribution in [0.4, 0.5) is 0 Å². The Kier molecular flexibility index (Phi) is 3.09. The molecule has 2 rings (SSSR count). The Morgan fingerprint density at radius 3 is 2.44 bits per heavy atom. The van der Waals surface area contributed by atoms with Crippen LogP contribution in [0.15, 0.2) is 30.6 Å². The number of aromatic nitrogens is 2. The number of nitrogens with zero attached hydrogens (tertiary/aromatic N) is 2. The van der Waals surface area contributed by atoms with Crippen LogP contribution in [0.2, 0.25) is 0 Å². The SMILES string of the molecule is OCC(O)C(O)c1ccc2nccnc2c1. The fourth-order valence-electron chi connectivity index (χ4n) is 1.49. The molecule has 1 aromatic heterocycles. The number of rotatable bonds is 3. The van der Waals surface area contributed by atoms with Crippen molar-refractivity contribution in [3.05, 3.63) is 36.2 Å². The van der Waals surface area contributed by atoms with Gasteiger partial charge in [-0.25, -0.2) is 0 Å². The van der Waals surface area contributed by atoms with E-state index in [1.807, 2.05) is 0 Å². The molecule has 2 atom stereocenters. The molecule has 0 spiro atoms. The van der Waals surface area contributed by atoms with Gasteiger partial charge in [0, 0.05) is 12.4 Å². The lowest BCUT2D eigenvalue weighted by Gasteiger charge is -2.15. The van der Waals surface area contributed by atoms with Crippen molar-refractivity contribution in [2.45, 2.75) is 12.2 Å². The van der Waals surface area contributed by atoms with E-state index in [-0.39, 0.29) is 0 Å². The molecule has 16 heavy (non-hydrogen) atoms. The van der Waals surface area contributed by atoms with Crippen molar-refractivity contribution in [3.8, 4) is 0 Å². The molecule has 2 aromatic rings. The lowest BCUT2D eigenvalue weighted by Crippen LogP contribution is -2.21. The first-order valence-electron chi connectivity index (χ1n) is 4.90. The van der Waals surface area contributed by atoms with E-state index in [1.54, 1.807) is 30.6 Å². The molecular weight excluding hydrogens is 208 g/mol. The summed E-state index contributed by atoms with van der Waals surface area (Å²) in [4.78, 5) is 8.18. The van der Waals surface area contributed by atoms with Gasteiger partial charge < -0.3 is 15.3 Å². The van der Waals surface area contributed by atoms with Gasteiger partial charge in [-0.05, 0) is 17.7 Å². The van der Waals surface area contributed by atoms with Crippen LogP contribution < -0.4 is 0 Å². The van der Waals surface area contributed by atoms with Crippen LogP contribution in [0.25, 0.3) is 11.0 Å². The van der Waals surface area contributed by atoms with Crippen LogP contribution in [0.5, 0.6) is 0 Å². The average molecular weight is 220 g/mol. The maximum Gasteiger partial charge on any atom is 0.107 e. The predicted octanol–water partition coefficient (Wildman–Crippen LogP) is 0.0164. The highest BCUT2D eigenvalue weighted by Crippen LogP contribution is 2.20. The molecule has 0 saturated heterocycles. The first-order valence-corrected chi connectivity index (χ1v) is 4.90. The van der Waals surface area contributed by atoms with E-state index in [0.717, 1.165) is 5.52 Å². The Labute approximate surface area is 92.0 Å². The summed E-state index contributed by atoms with van der Waals surface area (Å²) in [6.07, 6.45) is 0.840. The van der Waals surface area contributed by atoms with Crippen molar-refractivity contribution in [2.75, 3.05) is 6.61 Å². The Morgan fingerprint density at radius 2 is 1.75 bits per heavy atom. The maximum atomic E-state index is 9.69. The second kappa shape index (κ2) is 4.52. The summed E-state index contributed by atoms with van der Waals surface area (Å²) < 4.78 is 0. The second-order valence-corrected chi connectivity index (χ2v) is 3.50. The highest BCUT2D eigenvalue weighted by atomic mass is 16.4. The van der Waals surface area contributed by atoms with E-state index in [4.69, 9.17) is 5.11 Å². The molecule has 1 heterocycles. The molecule has 3 N–H and O–H groups in total.